The van der Waals surface area contributed by atoms with Crippen LogP contribution in [0.25, 0.3) is 24.3 Å². The lowest BCUT2D eigenvalue weighted by Gasteiger charge is -2.39. The van der Waals surface area contributed by atoms with Crippen LogP contribution in [0.3, 0.4) is 0 Å². The molecule has 0 amide bonds. The summed E-state index contributed by atoms with van der Waals surface area (Å²) in [6, 6.07) is 20.2. The maximum Gasteiger partial charge on any atom is 0.123 e. The molecule has 4 aromatic rings. The molecule has 49 heavy (non-hydrogen) atoms. The van der Waals surface area contributed by atoms with E-state index in [-0.39, 0.29) is 0 Å². The number of allylic oxidation sites excluding steroid dienone is 4. The van der Waals surface area contributed by atoms with Crippen LogP contribution in [0.1, 0.15) is 72.2 Å². The largest absolute Gasteiger partial charge is 0.341 e. The highest BCUT2D eigenvalue weighted by molar-refractivity contribution is 7.90. The lowest BCUT2D eigenvalue weighted by molar-refractivity contribution is 1.08. The first-order valence-corrected chi connectivity index (χ1v) is 21.8. The zero-order valence-corrected chi connectivity index (χ0v) is 31.8. The van der Waals surface area contributed by atoms with E-state index >= 15 is 0 Å². The molecule has 2 atom stereocenters. The van der Waals surface area contributed by atoms with Crippen LogP contribution in [0.15, 0.2) is 72.8 Å². The average Bonchev–Trinajstić information content (AvgIpc) is 3.91. The normalized spacial score (nSPS) is 20.9. The van der Waals surface area contributed by atoms with Crippen molar-refractivity contribution in [2.24, 2.45) is 0 Å². The Morgan fingerprint density at radius 2 is 1.27 bits per heavy atom. The first-order chi connectivity index (χ1) is 23.7. The molecule has 0 saturated heterocycles. The zero-order chi connectivity index (χ0) is 33.8. The summed E-state index contributed by atoms with van der Waals surface area (Å²) in [5.74, 6) is 0. The van der Waals surface area contributed by atoms with Gasteiger partial charge in [0.1, 0.15) is 10.6 Å². The monoisotopic (exact) mass is 677 g/mol. The molecule has 4 aromatic carbocycles. The molecule has 4 aliphatic carbocycles. The predicted octanol–water partition coefficient (Wildman–Crippen LogP) is 9.66. The van der Waals surface area contributed by atoms with E-state index in [9.17, 15) is 0 Å². The van der Waals surface area contributed by atoms with E-state index in [0.29, 0.717) is 11.3 Å². The molecule has 0 bridgehead atoms. The minimum atomic E-state index is -1.98. The summed E-state index contributed by atoms with van der Waals surface area (Å²) >= 11 is 0. The molecule has 1 heterocycles. The van der Waals surface area contributed by atoms with Crippen LogP contribution < -0.4 is 31.0 Å². The van der Waals surface area contributed by atoms with Gasteiger partial charge in [-0.15, -0.1) is 0 Å². The lowest BCUT2D eigenvalue weighted by atomic mass is 10.0. The van der Waals surface area contributed by atoms with E-state index in [2.05, 4.69) is 155 Å². The summed E-state index contributed by atoms with van der Waals surface area (Å²) in [6.45, 7) is 12.5. The molecule has 4 heteroatoms. The highest BCUT2D eigenvalue weighted by Gasteiger charge is 2.48. The molecular formula is C45H47N2P2+. The van der Waals surface area contributed by atoms with Gasteiger partial charge in [-0.1, -0.05) is 80.7 Å². The van der Waals surface area contributed by atoms with Crippen molar-refractivity contribution in [3.05, 3.63) is 117 Å². The van der Waals surface area contributed by atoms with Gasteiger partial charge in [-0.2, -0.15) is 0 Å². The van der Waals surface area contributed by atoms with E-state index in [4.69, 9.17) is 0 Å². The van der Waals surface area contributed by atoms with Crippen molar-refractivity contribution in [3.63, 3.8) is 0 Å². The van der Waals surface area contributed by atoms with Crippen LogP contribution in [-0.4, -0.2) is 32.1 Å². The minimum Gasteiger partial charge on any atom is -0.341 e. The molecular weight excluding hydrogens is 630 g/mol. The van der Waals surface area contributed by atoms with E-state index in [1.807, 2.05) is 0 Å². The van der Waals surface area contributed by atoms with Crippen molar-refractivity contribution >= 4 is 83.5 Å². The second-order valence-corrected chi connectivity index (χ2v) is 22.1. The Morgan fingerprint density at radius 3 is 2.02 bits per heavy atom. The Labute approximate surface area is 295 Å². The Hall–Kier alpha value is -3.70. The molecule has 2 unspecified atom stereocenters. The minimum absolute atomic E-state index is 0.458. The van der Waals surface area contributed by atoms with Gasteiger partial charge in [-0.25, -0.2) is 0 Å². The summed E-state index contributed by atoms with van der Waals surface area (Å²) < 4.78 is 0. The van der Waals surface area contributed by atoms with E-state index < -0.39 is 15.2 Å². The quantitative estimate of drug-likeness (QED) is 0.195. The molecule has 0 spiro atoms. The van der Waals surface area contributed by atoms with Gasteiger partial charge in [0.05, 0.1) is 36.6 Å². The second kappa shape index (κ2) is 11.4. The van der Waals surface area contributed by atoms with Crippen molar-refractivity contribution in [3.8, 4) is 0 Å². The van der Waals surface area contributed by atoms with Crippen LogP contribution in [0.5, 0.6) is 0 Å². The van der Waals surface area contributed by atoms with Gasteiger partial charge in [-0.3, -0.25) is 0 Å². The first kappa shape index (κ1) is 31.3. The number of hydrogen-bond acceptors (Lipinski definition) is 2. The number of rotatable bonds is 2. The molecule has 9 rings (SSSR count). The van der Waals surface area contributed by atoms with Crippen molar-refractivity contribution in [1.82, 2.24) is 0 Å². The van der Waals surface area contributed by atoms with Gasteiger partial charge >= 0.3 is 0 Å². The fraction of sp³-hybridized carbons (Fsp3) is 0.289. The summed E-state index contributed by atoms with van der Waals surface area (Å²) in [6.07, 6.45) is 23.0. The van der Waals surface area contributed by atoms with Gasteiger partial charge in [0.2, 0.25) is 0 Å². The SMILES string of the molecule is CC(C)P1c2cc3c(cc2N(C)c2cc4c(cc2[P+](C)(C(C)C)c2ccc5c(c2N(C)c2c1ccc1c2CC=C1)C=CC5)C=CC4)C=CC3. The summed E-state index contributed by atoms with van der Waals surface area (Å²) in [4.78, 5) is 5.29. The standard InChI is InChI=1S/C45H47N2P2/c1-28(2)48-40-22-20-30-12-10-18-36(30)44(40)47(6)45-37-19-11-13-31(37)21-23-42(45)49(7,29(3)4)43-27-35-17-9-15-33(35)25-39(43)46(5)38-24-32-14-8-16-34(32)26-41(38)48/h8-12,14,17,19-29H,13,15-16,18H2,1-7H3/q+1. The van der Waals surface area contributed by atoms with Gasteiger partial charge < -0.3 is 9.80 Å². The van der Waals surface area contributed by atoms with Gasteiger partial charge in [-0.05, 0) is 122 Å². The Balaban J connectivity index is 1.46. The maximum absolute atomic E-state index is 2.68. The van der Waals surface area contributed by atoms with E-state index in [1.165, 1.54) is 88.5 Å². The molecule has 1 aliphatic heterocycles. The second-order valence-electron chi connectivity index (χ2n) is 15.3. The molecule has 0 saturated carbocycles. The average molecular weight is 678 g/mol. The van der Waals surface area contributed by atoms with Crippen LogP contribution >= 0.6 is 15.2 Å². The Kier molecular flexibility index (Phi) is 7.29. The number of hydrogen-bond donors (Lipinski definition) is 0. The third-order valence-electron chi connectivity index (χ3n) is 12.0. The smallest absolute Gasteiger partial charge is 0.123 e. The zero-order valence-electron chi connectivity index (χ0n) is 30.0. The van der Waals surface area contributed by atoms with Crippen LogP contribution in [-0.2, 0) is 25.7 Å². The van der Waals surface area contributed by atoms with Gasteiger partial charge in [0.25, 0.3) is 0 Å². The summed E-state index contributed by atoms with van der Waals surface area (Å²) in [7, 11) is 2.09. The molecule has 0 aromatic heterocycles. The number of anilines is 4. The van der Waals surface area contributed by atoms with Crippen LogP contribution in [0.4, 0.5) is 22.7 Å². The number of benzene rings is 4. The topological polar surface area (TPSA) is 6.48 Å². The number of nitrogens with zero attached hydrogens (tertiary/aromatic N) is 2. The van der Waals surface area contributed by atoms with Gasteiger partial charge in [0.15, 0.2) is 0 Å². The van der Waals surface area contributed by atoms with Crippen LogP contribution in [0.2, 0.25) is 0 Å². The maximum atomic E-state index is 2.68. The Morgan fingerprint density at radius 1 is 0.592 bits per heavy atom. The predicted molar refractivity (Wildman–Crippen MR) is 221 cm³/mol. The third-order valence-corrected chi connectivity index (χ3v) is 19.6. The summed E-state index contributed by atoms with van der Waals surface area (Å²) in [5.41, 5.74) is 18.0. The van der Waals surface area contributed by atoms with Crippen molar-refractivity contribution in [2.45, 2.75) is 64.7 Å². The van der Waals surface area contributed by atoms with Crippen molar-refractivity contribution in [2.75, 3.05) is 30.6 Å². The van der Waals surface area contributed by atoms with E-state index in [0.717, 1.165) is 25.7 Å². The number of fused-ring (bicyclic) bond motifs is 10. The Bertz CT molecular complexity index is 2200. The fourth-order valence-electron chi connectivity index (χ4n) is 9.19. The molecule has 0 fully saturated rings. The molecule has 246 valence electrons. The summed E-state index contributed by atoms with van der Waals surface area (Å²) in [5, 5.41) is 6.10. The molecule has 5 aliphatic rings. The lowest BCUT2D eigenvalue weighted by Crippen LogP contribution is -2.38. The third kappa shape index (κ3) is 4.53. The molecule has 2 nitrogen and oxygen atoms in total. The fourth-order valence-corrected chi connectivity index (χ4v) is 15.6. The molecule has 0 N–H and O–H groups in total. The van der Waals surface area contributed by atoms with Crippen LogP contribution in [0, 0.1) is 0 Å². The van der Waals surface area contributed by atoms with Crippen molar-refractivity contribution in [1.29, 1.82) is 0 Å². The van der Waals surface area contributed by atoms with Crippen molar-refractivity contribution < 1.29 is 0 Å². The molecule has 0 radical (unpaired) electrons. The van der Waals surface area contributed by atoms with Gasteiger partial charge in [0, 0.05) is 36.0 Å². The highest BCUT2D eigenvalue weighted by Crippen LogP contribution is 2.63. The van der Waals surface area contributed by atoms with E-state index in [1.54, 1.807) is 0 Å². The first-order valence-electron chi connectivity index (χ1n) is 18.1. The highest BCUT2D eigenvalue weighted by atomic mass is 31.2.